The van der Waals surface area contributed by atoms with Gasteiger partial charge in [-0.2, -0.15) is 13.2 Å². The van der Waals surface area contributed by atoms with Crippen LogP contribution in [-0.2, 0) is 12.7 Å². The van der Waals surface area contributed by atoms with Gasteiger partial charge in [-0.3, -0.25) is 0 Å². The van der Waals surface area contributed by atoms with Crippen LogP contribution in [0.5, 0.6) is 0 Å². The average molecular weight is 276 g/mol. The van der Waals surface area contributed by atoms with Crippen molar-refractivity contribution in [2.75, 3.05) is 0 Å². The van der Waals surface area contributed by atoms with E-state index in [1.807, 2.05) is 0 Å². The topological polar surface area (TPSA) is 38.9 Å². The highest BCUT2D eigenvalue weighted by atomic mass is 32.1. The molecule has 2 aromatic rings. The third-order valence-corrected chi connectivity index (χ3v) is 3.37. The van der Waals surface area contributed by atoms with Crippen molar-refractivity contribution < 1.29 is 17.6 Å². The van der Waals surface area contributed by atoms with Crippen LogP contribution in [0.25, 0.3) is 10.6 Å². The number of alkyl halides is 3. The highest BCUT2D eigenvalue weighted by Crippen LogP contribution is 2.37. The first-order valence-corrected chi connectivity index (χ1v) is 5.76. The molecule has 1 aromatic heterocycles. The fourth-order valence-corrected chi connectivity index (χ4v) is 2.39. The molecule has 18 heavy (non-hydrogen) atoms. The van der Waals surface area contributed by atoms with Crippen molar-refractivity contribution in [3.05, 3.63) is 40.7 Å². The van der Waals surface area contributed by atoms with E-state index in [0.29, 0.717) is 5.56 Å². The number of halogens is 4. The Kier molecular flexibility index (Phi) is 3.36. The van der Waals surface area contributed by atoms with Crippen molar-refractivity contribution in [1.82, 2.24) is 4.98 Å². The Morgan fingerprint density at radius 2 is 1.78 bits per heavy atom. The highest BCUT2D eigenvalue weighted by molar-refractivity contribution is 7.15. The number of nitrogens with two attached hydrogens (primary N) is 1. The van der Waals surface area contributed by atoms with Gasteiger partial charge in [0.15, 0.2) is 5.69 Å². The van der Waals surface area contributed by atoms with Crippen LogP contribution < -0.4 is 5.73 Å². The van der Waals surface area contributed by atoms with Gasteiger partial charge < -0.3 is 5.73 Å². The lowest BCUT2D eigenvalue weighted by atomic mass is 10.2. The molecule has 0 bridgehead atoms. The van der Waals surface area contributed by atoms with Crippen molar-refractivity contribution in [3.63, 3.8) is 0 Å². The lowest BCUT2D eigenvalue weighted by Gasteiger charge is -2.03. The highest BCUT2D eigenvalue weighted by Gasteiger charge is 2.37. The molecule has 2 rings (SSSR count). The second-order valence-electron chi connectivity index (χ2n) is 3.50. The maximum atomic E-state index is 12.7. The van der Waals surface area contributed by atoms with E-state index < -0.39 is 17.7 Å². The number of thiazole rings is 1. The van der Waals surface area contributed by atoms with Gasteiger partial charge in [-0.15, -0.1) is 11.3 Å². The van der Waals surface area contributed by atoms with E-state index in [-0.39, 0.29) is 16.4 Å². The molecular formula is C11H8F4N2S. The standard InChI is InChI=1S/C11H8F4N2S/c12-7-3-1-6(2-4-7)10-17-9(11(13,14)15)8(5-16)18-10/h1-4H,5,16H2. The molecule has 2 nitrogen and oxygen atoms in total. The molecule has 1 aromatic carbocycles. The minimum absolute atomic E-state index is 0.0261. The molecular weight excluding hydrogens is 268 g/mol. The summed E-state index contributed by atoms with van der Waals surface area (Å²) in [4.78, 5) is 3.52. The van der Waals surface area contributed by atoms with Gasteiger partial charge in [0.05, 0.1) is 4.88 Å². The van der Waals surface area contributed by atoms with Crippen molar-refractivity contribution in [2.24, 2.45) is 5.73 Å². The molecule has 0 unspecified atom stereocenters. The van der Waals surface area contributed by atoms with Crippen LogP contribution in [0.4, 0.5) is 17.6 Å². The maximum absolute atomic E-state index is 12.7. The van der Waals surface area contributed by atoms with Crippen LogP contribution in [0.2, 0.25) is 0 Å². The Labute approximate surface area is 104 Å². The Hall–Kier alpha value is -1.47. The van der Waals surface area contributed by atoms with E-state index in [4.69, 9.17) is 5.73 Å². The van der Waals surface area contributed by atoms with Gasteiger partial charge in [0, 0.05) is 12.1 Å². The van der Waals surface area contributed by atoms with Crippen LogP contribution in [0.1, 0.15) is 10.6 Å². The van der Waals surface area contributed by atoms with Gasteiger partial charge in [-0.1, -0.05) is 0 Å². The second-order valence-corrected chi connectivity index (χ2v) is 4.58. The van der Waals surface area contributed by atoms with Crippen LogP contribution >= 0.6 is 11.3 Å². The first-order chi connectivity index (χ1) is 8.41. The molecule has 0 spiro atoms. The van der Waals surface area contributed by atoms with Gasteiger partial charge in [0.2, 0.25) is 0 Å². The quantitative estimate of drug-likeness (QED) is 0.853. The Balaban J connectivity index is 2.47. The minimum Gasteiger partial charge on any atom is -0.326 e. The van der Waals surface area contributed by atoms with Crippen molar-refractivity contribution >= 4 is 11.3 Å². The lowest BCUT2D eigenvalue weighted by molar-refractivity contribution is -0.141. The zero-order valence-electron chi connectivity index (χ0n) is 8.96. The summed E-state index contributed by atoms with van der Waals surface area (Å²) in [7, 11) is 0. The van der Waals surface area contributed by atoms with E-state index in [2.05, 4.69) is 4.98 Å². The Morgan fingerprint density at radius 1 is 1.17 bits per heavy atom. The van der Waals surface area contributed by atoms with E-state index in [1.165, 1.54) is 24.3 Å². The minimum atomic E-state index is -4.52. The average Bonchev–Trinajstić information content (AvgIpc) is 2.73. The van der Waals surface area contributed by atoms with E-state index in [1.54, 1.807) is 0 Å². The molecule has 0 aliphatic heterocycles. The molecule has 1 heterocycles. The summed E-state index contributed by atoms with van der Waals surface area (Å²) < 4.78 is 50.7. The SMILES string of the molecule is NCc1sc(-c2ccc(F)cc2)nc1C(F)(F)F. The lowest BCUT2D eigenvalue weighted by Crippen LogP contribution is -2.10. The third kappa shape index (κ3) is 2.51. The second kappa shape index (κ2) is 4.66. The van der Waals surface area contributed by atoms with E-state index in [0.717, 1.165) is 11.3 Å². The van der Waals surface area contributed by atoms with Crippen LogP contribution in [0.15, 0.2) is 24.3 Å². The molecule has 96 valence electrons. The number of aromatic nitrogens is 1. The molecule has 0 saturated heterocycles. The molecule has 2 N–H and O–H groups in total. The van der Waals surface area contributed by atoms with Gasteiger partial charge in [-0.25, -0.2) is 9.37 Å². The number of nitrogens with zero attached hydrogens (tertiary/aromatic N) is 1. The van der Waals surface area contributed by atoms with E-state index in [9.17, 15) is 17.6 Å². The maximum Gasteiger partial charge on any atom is 0.434 e. The predicted molar refractivity (Wildman–Crippen MR) is 60.4 cm³/mol. The van der Waals surface area contributed by atoms with E-state index >= 15 is 0 Å². The van der Waals surface area contributed by atoms with Gasteiger partial charge in [0.1, 0.15) is 10.8 Å². The summed E-state index contributed by atoms with van der Waals surface area (Å²) in [5.41, 5.74) is 4.75. The summed E-state index contributed by atoms with van der Waals surface area (Å²) in [5.74, 6) is -0.453. The number of benzene rings is 1. The number of hydrogen-bond donors (Lipinski definition) is 1. The van der Waals surface area contributed by atoms with Gasteiger partial charge >= 0.3 is 6.18 Å². The molecule has 7 heteroatoms. The number of rotatable bonds is 2. The zero-order chi connectivity index (χ0) is 13.3. The Bertz CT molecular complexity index is 545. The molecule has 0 atom stereocenters. The predicted octanol–water partition coefficient (Wildman–Crippen LogP) is 3.43. The molecule has 0 fully saturated rings. The molecule has 0 radical (unpaired) electrons. The fourth-order valence-electron chi connectivity index (χ4n) is 1.43. The van der Waals surface area contributed by atoms with Crippen molar-refractivity contribution in [1.29, 1.82) is 0 Å². The Morgan fingerprint density at radius 3 is 2.22 bits per heavy atom. The first kappa shape index (κ1) is 13.0. The summed E-state index contributed by atoms with van der Waals surface area (Å²) in [6.07, 6.45) is -4.52. The summed E-state index contributed by atoms with van der Waals surface area (Å²) in [5, 5.41) is 0.183. The molecule has 0 saturated carbocycles. The van der Waals surface area contributed by atoms with Gasteiger partial charge in [0.25, 0.3) is 0 Å². The zero-order valence-corrected chi connectivity index (χ0v) is 9.78. The van der Waals surface area contributed by atoms with Crippen molar-refractivity contribution in [3.8, 4) is 10.6 Å². The third-order valence-electron chi connectivity index (χ3n) is 2.24. The van der Waals surface area contributed by atoms with Gasteiger partial charge in [-0.05, 0) is 24.3 Å². The summed E-state index contributed by atoms with van der Waals surface area (Å²) in [6, 6.07) is 5.11. The first-order valence-electron chi connectivity index (χ1n) is 4.94. The fraction of sp³-hybridized carbons (Fsp3) is 0.182. The monoisotopic (exact) mass is 276 g/mol. The molecule has 0 aliphatic carbocycles. The largest absolute Gasteiger partial charge is 0.434 e. The van der Waals surface area contributed by atoms with Crippen LogP contribution in [-0.4, -0.2) is 4.98 Å². The molecule has 0 aliphatic rings. The summed E-state index contributed by atoms with van der Waals surface area (Å²) >= 11 is 0.867. The molecule has 0 amide bonds. The van der Waals surface area contributed by atoms with Crippen LogP contribution in [0.3, 0.4) is 0 Å². The van der Waals surface area contributed by atoms with Crippen molar-refractivity contribution in [2.45, 2.75) is 12.7 Å². The normalized spacial score (nSPS) is 11.8. The van der Waals surface area contributed by atoms with Crippen LogP contribution in [0, 0.1) is 5.82 Å². The summed E-state index contributed by atoms with van der Waals surface area (Å²) in [6.45, 7) is -0.228. The smallest absolute Gasteiger partial charge is 0.326 e. The number of hydrogen-bond acceptors (Lipinski definition) is 3.